The topological polar surface area (TPSA) is 107 Å². The first-order valence-electron chi connectivity index (χ1n) is 10.9. The lowest BCUT2D eigenvalue weighted by atomic mass is 10.1. The lowest BCUT2D eigenvalue weighted by Crippen LogP contribution is -2.17. The largest absolute Gasteiger partial charge is 0.436 e. The van der Waals surface area contributed by atoms with Crippen LogP contribution in [0.4, 0.5) is 5.69 Å². The number of hydrogen-bond acceptors (Lipinski definition) is 6. The normalized spacial score (nSPS) is 17.6. The number of benzene rings is 2. The van der Waals surface area contributed by atoms with E-state index in [4.69, 9.17) is 4.42 Å². The smallest absolute Gasteiger partial charge is 0.276 e. The third-order valence-corrected chi connectivity index (χ3v) is 7.55. The van der Waals surface area contributed by atoms with Crippen LogP contribution in [0.3, 0.4) is 0 Å². The number of nitrogens with zero attached hydrogens (tertiary/aromatic N) is 3. The van der Waals surface area contributed by atoms with Gasteiger partial charge in [0.05, 0.1) is 17.5 Å². The van der Waals surface area contributed by atoms with Crippen molar-refractivity contribution in [3.05, 3.63) is 66.0 Å². The van der Waals surface area contributed by atoms with Crippen molar-refractivity contribution >= 4 is 32.5 Å². The first kappa shape index (κ1) is 21.4. The van der Waals surface area contributed by atoms with Crippen LogP contribution in [-0.4, -0.2) is 40.6 Å². The van der Waals surface area contributed by atoms with E-state index in [2.05, 4.69) is 15.4 Å². The summed E-state index contributed by atoms with van der Waals surface area (Å²) < 4.78 is 31.5. The van der Waals surface area contributed by atoms with Crippen molar-refractivity contribution in [1.82, 2.24) is 14.8 Å². The Kier molecular flexibility index (Phi) is 5.28. The van der Waals surface area contributed by atoms with Crippen molar-refractivity contribution in [2.75, 3.05) is 16.8 Å². The van der Waals surface area contributed by atoms with E-state index < -0.39 is 9.84 Å². The van der Waals surface area contributed by atoms with Crippen LogP contribution < -0.4 is 5.32 Å². The predicted molar refractivity (Wildman–Crippen MR) is 126 cm³/mol. The van der Waals surface area contributed by atoms with E-state index >= 15 is 0 Å². The second-order valence-corrected chi connectivity index (χ2v) is 10.9. The molecule has 4 aromatic rings. The third kappa shape index (κ3) is 4.28. The molecule has 1 N–H and O–H groups in total. The molecule has 1 fully saturated rings. The second kappa shape index (κ2) is 8.15. The van der Waals surface area contributed by atoms with Gasteiger partial charge in [-0.15, -0.1) is 0 Å². The zero-order chi connectivity index (χ0) is 23.2. The second-order valence-electron chi connectivity index (χ2n) is 8.63. The molecule has 0 unspecified atom stereocenters. The third-order valence-electron chi connectivity index (χ3n) is 5.80. The summed E-state index contributed by atoms with van der Waals surface area (Å²) in [6.07, 6.45) is 0.511. The zero-order valence-electron chi connectivity index (χ0n) is 18.4. The molecular formula is C24H24N4O4S. The molecule has 0 saturated carbocycles. The standard InChI is InChI=1S/C24H24N4O4S/c1-15(2)21-13-20(27-28(21)18-10-11-33(30,31)14-18)23(29)25-17-7-5-6-16(12-17)24-26-19-8-3-4-9-22(19)32-24/h3-9,12-13,15,18H,10-11,14H2,1-2H3,(H,25,29)/t18-/m0/s1. The summed E-state index contributed by atoms with van der Waals surface area (Å²) in [5.41, 5.74) is 3.90. The van der Waals surface area contributed by atoms with Gasteiger partial charge in [-0.05, 0) is 48.7 Å². The minimum absolute atomic E-state index is 0.0575. The van der Waals surface area contributed by atoms with E-state index in [9.17, 15) is 13.2 Å². The lowest BCUT2D eigenvalue weighted by Gasteiger charge is -2.15. The van der Waals surface area contributed by atoms with E-state index in [1.807, 2.05) is 50.2 Å². The molecule has 33 heavy (non-hydrogen) atoms. The average molecular weight is 465 g/mol. The van der Waals surface area contributed by atoms with Crippen molar-refractivity contribution in [2.45, 2.75) is 32.2 Å². The molecule has 1 saturated heterocycles. The first-order chi connectivity index (χ1) is 15.8. The minimum atomic E-state index is -3.06. The van der Waals surface area contributed by atoms with E-state index in [1.165, 1.54) is 0 Å². The Labute approximate surface area is 191 Å². The highest BCUT2D eigenvalue weighted by molar-refractivity contribution is 7.91. The molecule has 2 aromatic carbocycles. The Morgan fingerprint density at radius 2 is 1.97 bits per heavy atom. The maximum absolute atomic E-state index is 13.0. The molecule has 0 radical (unpaired) electrons. The maximum Gasteiger partial charge on any atom is 0.276 e. The number of hydrogen-bond donors (Lipinski definition) is 1. The Bertz CT molecular complexity index is 1420. The molecule has 3 heterocycles. The number of para-hydroxylation sites is 2. The lowest BCUT2D eigenvalue weighted by molar-refractivity contribution is 0.102. The van der Waals surface area contributed by atoms with Crippen molar-refractivity contribution in [3.63, 3.8) is 0 Å². The fraction of sp³-hybridized carbons (Fsp3) is 0.292. The first-order valence-corrected chi connectivity index (χ1v) is 12.7. The molecule has 1 aliphatic rings. The molecule has 1 aliphatic heterocycles. The van der Waals surface area contributed by atoms with Gasteiger partial charge in [0.25, 0.3) is 5.91 Å². The minimum Gasteiger partial charge on any atom is -0.436 e. The zero-order valence-corrected chi connectivity index (χ0v) is 19.2. The van der Waals surface area contributed by atoms with Gasteiger partial charge in [0, 0.05) is 16.9 Å². The van der Waals surface area contributed by atoms with E-state index in [-0.39, 0.29) is 35.1 Å². The number of anilines is 1. The number of rotatable bonds is 5. The number of nitrogens with one attached hydrogen (secondary N) is 1. The number of aromatic nitrogens is 3. The van der Waals surface area contributed by atoms with Crippen LogP contribution >= 0.6 is 0 Å². The van der Waals surface area contributed by atoms with Gasteiger partial charge in [-0.25, -0.2) is 13.4 Å². The highest BCUT2D eigenvalue weighted by atomic mass is 32.2. The summed E-state index contributed by atoms with van der Waals surface area (Å²) in [5, 5.41) is 7.38. The molecule has 1 amide bonds. The Hall–Kier alpha value is -3.46. The number of amides is 1. The van der Waals surface area contributed by atoms with Gasteiger partial charge < -0.3 is 9.73 Å². The Morgan fingerprint density at radius 1 is 1.15 bits per heavy atom. The van der Waals surface area contributed by atoms with Crippen LogP contribution in [-0.2, 0) is 9.84 Å². The summed E-state index contributed by atoms with van der Waals surface area (Å²) in [7, 11) is -3.06. The van der Waals surface area contributed by atoms with Crippen molar-refractivity contribution < 1.29 is 17.6 Å². The van der Waals surface area contributed by atoms with Crippen molar-refractivity contribution in [1.29, 1.82) is 0 Å². The molecule has 8 nitrogen and oxygen atoms in total. The SMILES string of the molecule is CC(C)c1cc(C(=O)Nc2cccc(-c3nc4ccccc4o3)c2)nn1[C@H]1CCS(=O)(=O)C1. The summed E-state index contributed by atoms with van der Waals surface area (Å²) >= 11 is 0. The molecule has 170 valence electrons. The number of carbonyl (C=O) groups is 1. The van der Waals surface area contributed by atoms with Crippen LogP contribution in [0, 0.1) is 0 Å². The molecule has 0 aliphatic carbocycles. The van der Waals surface area contributed by atoms with Gasteiger partial charge in [-0.3, -0.25) is 9.48 Å². The Morgan fingerprint density at radius 3 is 2.70 bits per heavy atom. The monoisotopic (exact) mass is 464 g/mol. The molecule has 2 aromatic heterocycles. The highest BCUT2D eigenvalue weighted by Crippen LogP contribution is 2.29. The van der Waals surface area contributed by atoms with Crippen LogP contribution in [0.2, 0.25) is 0 Å². The summed E-state index contributed by atoms with van der Waals surface area (Å²) in [5.74, 6) is 0.429. The van der Waals surface area contributed by atoms with Gasteiger partial charge in [0.2, 0.25) is 5.89 Å². The molecule has 5 rings (SSSR count). The summed E-state index contributed by atoms with van der Waals surface area (Å²) in [6, 6.07) is 16.3. The van der Waals surface area contributed by atoms with Crippen molar-refractivity contribution in [2.24, 2.45) is 0 Å². The highest BCUT2D eigenvalue weighted by Gasteiger charge is 2.32. The van der Waals surface area contributed by atoms with Crippen LogP contribution in [0.5, 0.6) is 0 Å². The molecule has 9 heteroatoms. The predicted octanol–water partition coefficient (Wildman–Crippen LogP) is 4.43. The van der Waals surface area contributed by atoms with E-state index in [0.29, 0.717) is 23.6 Å². The summed E-state index contributed by atoms with van der Waals surface area (Å²) in [6.45, 7) is 4.00. The van der Waals surface area contributed by atoms with Crippen LogP contribution in [0.1, 0.15) is 48.4 Å². The van der Waals surface area contributed by atoms with E-state index in [1.54, 1.807) is 22.9 Å². The maximum atomic E-state index is 13.0. The van der Waals surface area contributed by atoms with Crippen LogP contribution in [0.25, 0.3) is 22.6 Å². The number of carbonyl (C=O) groups excluding carboxylic acids is 1. The van der Waals surface area contributed by atoms with Gasteiger partial charge in [-0.1, -0.05) is 32.0 Å². The fourth-order valence-electron chi connectivity index (χ4n) is 4.13. The van der Waals surface area contributed by atoms with Gasteiger partial charge in [0.1, 0.15) is 5.52 Å². The summed E-state index contributed by atoms with van der Waals surface area (Å²) in [4.78, 5) is 17.5. The van der Waals surface area contributed by atoms with Gasteiger partial charge >= 0.3 is 0 Å². The number of fused-ring (bicyclic) bond motifs is 1. The Balaban J connectivity index is 1.40. The fourth-order valence-corrected chi connectivity index (χ4v) is 5.82. The molecule has 0 spiro atoms. The quantitative estimate of drug-likeness (QED) is 0.468. The number of sulfone groups is 1. The van der Waals surface area contributed by atoms with Crippen LogP contribution in [0.15, 0.2) is 59.0 Å². The van der Waals surface area contributed by atoms with Gasteiger partial charge in [-0.2, -0.15) is 5.10 Å². The van der Waals surface area contributed by atoms with Gasteiger partial charge in [0.15, 0.2) is 21.1 Å². The molecule has 0 bridgehead atoms. The molecular weight excluding hydrogens is 440 g/mol. The van der Waals surface area contributed by atoms with E-state index in [0.717, 1.165) is 16.8 Å². The van der Waals surface area contributed by atoms with Crippen molar-refractivity contribution in [3.8, 4) is 11.5 Å². The average Bonchev–Trinajstić information content (AvgIpc) is 3.49. The number of oxazole rings is 1. The molecule has 1 atom stereocenters.